The van der Waals surface area contributed by atoms with Crippen molar-refractivity contribution in [1.82, 2.24) is 0 Å². The van der Waals surface area contributed by atoms with Gasteiger partial charge in [0, 0.05) is 5.69 Å². The maximum Gasteiger partial charge on any atom is 0.416 e. The Morgan fingerprint density at radius 1 is 1.23 bits per heavy atom. The van der Waals surface area contributed by atoms with Crippen LogP contribution < -0.4 is 5.32 Å². The summed E-state index contributed by atoms with van der Waals surface area (Å²) in [6.45, 7) is -0.625. The van der Waals surface area contributed by atoms with Crippen LogP contribution in [0, 0.1) is 0 Å². The molecule has 1 amide bonds. The highest BCUT2D eigenvalue weighted by atomic mass is 19.4. The lowest BCUT2D eigenvalue weighted by Gasteiger charge is -2.10. The Morgan fingerprint density at radius 3 is 2.64 bits per heavy atom. The van der Waals surface area contributed by atoms with E-state index in [1.165, 1.54) is 18.4 Å². The molecule has 0 saturated heterocycles. The summed E-state index contributed by atoms with van der Waals surface area (Å²) in [5.74, 6) is -1.52. The standard InChI is InChI=1S/C14H10F3NO4/c15-14(16,17)10-2-1-3-11(6-10)18-12(19)8-22-13(20)9-4-5-21-7-9/h1-7H,8H2,(H,18,19). The topological polar surface area (TPSA) is 68.5 Å². The van der Waals surface area contributed by atoms with Gasteiger partial charge in [-0.3, -0.25) is 4.79 Å². The molecule has 2 aromatic rings. The summed E-state index contributed by atoms with van der Waals surface area (Å²) in [5, 5.41) is 2.22. The molecule has 0 aliphatic carbocycles. The zero-order valence-corrected chi connectivity index (χ0v) is 11.0. The molecule has 0 unspecified atom stereocenters. The number of alkyl halides is 3. The molecule has 8 heteroatoms. The first-order valence-electron chi connectivity index (χ1n) is 6.03. The van der Waals surface area contributed by atoms with E-state index in [0.717, 1.165) is 24.5 Å². The van der Waals surface area contributed by atoms with Crippen molar-refractivity contribution in [2.75, 3.05) is 11.9 Å². The van der Waals surface area contributed by atoms with E-state index in [2.05, 4.69) is 14.5 Å². The minimum atomic E-state index is -4.51. The van der Waals surface area contributed by atoms with Crippen molar-refractivity contribution in [1.29, 1.82) is 0 Å². The van der Waals surface area contributed by atoms with Crippen molar-refractivity contribution in [3.8, 4) is 0 Å². The van der Waals surface area contributed by atoms with Crippen LogP contribution in [0.1, 0.15) is 15.9 Å². The van der Waals surface area contributed by atoms with Crippen molar-refractivity contribution in [2.24, 2.45) is 0 Å². The van der Waals surface area contributed by atoms with Crippen LogP contribution in [-0.2, 0) is 15.7 Å². The number of nitrogens with one attached hydrogen (secondary N) is 1. The molecule has 1 aromatic carbocycles. The molecule has 0 fully saturated rings. The van der Waals surface area contributed by atoms with E-state index in [-0.39, 0.29) is 11.3 Å². The molecule has 2 rings (SSSR count). The molecule has 1 N–H and O–H groups in total. The highest BCUT2D eigenvalue weighted by Crippen LogP contribution is 2.30. The monoisotopic (exact) mass is 313 g/mol. The number of hydrogen-bond donors (Lipinski definition) is 1. The number of carbonyl (C=O) groups excluding carboxylic acids is 2. The summed E-state index contributed by atoms with van der Waals surface area (Å²) < 4.78 is 46.9. The maximum atomic E-state index is 12.5. The van der Waals surface area contributed by atoms with E-state index in [9.17, 15) is 22.8 Å². The molecule has 0 spiro atoms. The van der Waals surface area contributed by atoms with Crippen molar-refractivity contribution in [3.63, 3.8) is 0 Å². The van der Waals surface area contributed by atoms with Crippen molar-refractivity contribution < 1.29 is 31.9 Å². The normalized spacial score (nSPS) is 11.0. The number of ether oxygens (including phenoxy) is 1. The van der Waals surface area contributed by atoms with Crippen LogP contribution in [0.2, 0.25) is 0 Å². The molecule has 0 aliphatic heterocycles. The first kappa shape index (κ1) is 15.6. The number of benzene rings is 1. The predicted octanol–water partition coefficient (Wildman–Crippen LogP) is 3.09. The maximum absolute atomic E-state index is 12.5. The Labute approximate surface area is 122 Å². The number of halogens is 3. The number of furan rings is 1. The van der Waals surface area contributed by atoms with Crippen LogP contribution in [0.4, 0.5) is 18.9 Å². The predicted molar refractivity (Wildman–Crippen MR) is 69.1 cm³/mol. The number of carbonyl (C=O) groups is 2. The molecule has 1 aromatic heterocycles. The van der Waals surface area contributed by atoms with Gasteiger partial charge in [-0.2, -0.15) is 13.2 Å². The Hall–Kier alpha value is -2.77. The smallest absolute Gasteiger partial charge is 0.416 e. The summed E-state index contributed by atoms with van der Waals surface area (Å²) in [5.41, 5.74) is -0.799. The lowest BCUT2D eigenvalue weighted by molar-refractivity contribution is -0.137. The number of amides is 1. The third-order valence-electron chi connectivity index (χ3n) is 2.56. The molecule has 0 radical (unpaired) electrons. The molecule has 116 valence electrons. The Kier molecular flexibility index (Phi) is 4.50. The Morgan fingerprint density at radius 2 is 2.00 bits per heavy atom. The zero-order chi connectivity index (χ0) is 16.2. The van der Waals surface area contributed by atoms with Gasteiger partial charge >= 0.3 is 12.1 Å². The number of rotatable bonds is 4. The van der Waals surface area contributed by atoms with Gasteiger partial charge in [-0.25, -0.2) is 4.79 Å². The quantitative estimate of drug-likeness (QED) is 0.881. The summed E-state index contributed by atoms with van der Waals surface area (Å²) in [7, 11) is 0. The molecule has 0 bridgehead atoms. The van der Waals surface area contributed by atoms with Gasteiger partial charge in [0.2, 0.25) is 0 Å². The molecule has 0 saturated carbocycles. The third-order valence-corrected chi connectivity index (χ3v) is 2.56. The largest absolute Gasteiger partial charge is 0.472 e. The lowest BCUT2D eigenvalue weighted by Crippen LogP contribution is -2.21. The van der Waals surface area contributed by atoms with Crippen LogP contribution in [0.25, 0.3) is 0 Å². The average Bonchev–Trinajstić information content (AvgIpc) is 2.98. The van der Waals surface area contributed by atoms with Crippen LogP contribution >= 0.6 is 0 Å². The van der Waals surface area contributed by atoms with Crippen molar-refractivity contribution in [2.45, 2.75) is 6.18 Å². The summed E-state index contributed by atoms with van der Waals surface area (Å²) in [4.78, 5) is 23.0. The second kappa shape index (κ2) is 6.33. The van der Waals surface area contributed by atoms with E-state index in [1.54, 1.807) is 0 Å². The molecule has 5 nitrogen and oxygen atoms in total. The zero-order valence-electron chi connectivity index (χ0n) is 11.0. The average molecular weight is 313 g/mol. The molecule has 22 heavy (non-hydrogen) atoms. The fraction of sp³-hybridized carbons (Fsp3) is 0.143. The van der Waals surface area contributed by atoms with Gasteiger partial charge in [0.05, 0.1) is 17.4 Å². The first-order valence-corrected chi connectivity index (χ1v) is 6.03. The lowest BCUT2D eigenvalue weighted by atomic mass is 10.2. The minimum Gasteiger partial charge on any atom is -0.472 e. The van der Waals surface area contributed by atoms with Crippen LogP contribution in [-0.4, -0.2) is 18.5 Å². The number of esters is 1. The second-order valence-electron chi connectivity index (χ2n) is 4.21. The molecule has 0 aliphatic rings. The SMILES string of the molecule is O=C(COC(=O)c1ccoc1)Nc1cccc(C(F)(F)F)c1. The van der Waals surface area contributed by atoms with E-state index >= 15 is 0 Å². The van der Waals surface area contributed by atoms with E-state index in [0.29, 0.717) is 0 Å². The van der Waals surface area contributed by atoms with Crippen molar-refractivity contribution >= 4 is 17.6 Å². The number of hydrogen-bond acceptors (Lipinski definition) is 4. The van der Waals surface area contributed by atoms with E-state index in [1.807, 2.05) is 0 Å². The summed E-state index contributed by atoms with van der Waals surface area (Å²) in [6, 6.07) is 5.48. The number of anilines is 1. The highest BCUT2D eigenvalue weighted by Gasteiger charge is 2.30. The first-order chi connectivity index (χ1) is 10.4. The fourth-order valence-electron chi connectivity index (χ4n) is 1.57. The highest BCUT2D eigenvalue weighted by molar-refractivity contribution is 5.95. The van der Waals surface area contributed by atoms with Gasteiger partial charge in [0.25, 0.3) is 5.91 Å². The van der Waals surface area contributed by atoms with Crippen molar-refractivity contribution in [3.05, 3.63) is 54.0 Å². The minimum absolute atomic E-state index is 0.0424. The van der Waals surface area contributed by atoms with Gasteiger partial charge in [-0.15, -0.1) is 0 Å². The van der Waals surface area contributed by atoms with Gasteiger partial charge in [0.15, 0.2) is 6.61 Å². The molecular weight excluding hydrogens is 303 g/mol. The Bertz CT molecular complexity index is 665. The van der Waals surface area contributed by atoms with Gasteiger partial charge in [-0.1, -0.05) is 6.07 Å². The van der Waals surface area contributed by atoms with Crippen LogP contribution in [0.15, 0.2) is 47.3 Å². The third kappa shape index (κ3) is 4.11. The summed E-state index contributed by atoms with van der Waals surface area (Å²) in [6.07, 6.45) is -2.10. The van der Waals surface area contributed by atoms with Gasteiger partial charge < -0.3 is 14.5 Å². The molecular formula is C14H10F3NO4. The van der Waals surface area contributed by atoms with E-state index < -0.39 is 30.2 Å². The van der Waals surface area contributed by atoms with Gasteiger partial charge in [-0.05, 0) is 24.3 Å². The van der Waals surface area contributed by atoms with Crippen LogP contribution in [0.5, 0.6) is 0 Å². The summed E-state index contributed by atoms with van der Waals surface area (Å²) >= 11 is 0. The van der Waals surface area contributed by atoms with Crippen LogP contribution in [0.3, 0.4) is 0 Å². The molecule has 1 heterocycles. The second-order valence-corrected chi connectivity index (χ2v) is 4.21. The fourth-order valence-corrected chi connectivity index (χ4v) is 1.57. The van der Waals surface area contributed by atoms with Gasteiger partial charge in [0.1, 0.15) is 6.26 Å². The Balaban J connectivity index is 1.91. The molecule has 0 atom stereocenters. The van der Waals surface area contributed by atoms with E-state index in [4.69, 9.17) is 0 Å².